The molecule has 4 rings (SSSR count). The summed E-state index contributed by atoms with van der Waals surface area (Å²) in [5, 5.41) is 0. The molecule has 1 aliphatic heterocycles. The van der Waals surface area contributed by atoms with E-state index in [1.807, 2.05) is 4.90 Å². The van der Waals surface area contributed by atoms with Crippen molar-refractivity contribution in [1.29, 1.82) is 0 Å². The second-order valence-electron chi connectivity index (χ2n) is 7.22. The first kappa shape index (κ1) is 21.2. The lowest BCUT2D eigenvalue weighted by atomic mass is 10.0. The lowest BCUT2D eigenvalue weighted by Crippen LogP contribution is -2.31. The van der Waals surface area contributed by atoms with Crippen LogP contribution in [-0.2, 0) is 31.9 Å². The second-order valence-corrected chi connectivity index (χ2v) is 7.22. The van der Waals surface area contributed by atoms with Crippen LogP contribution in [0.1, 0.15) is 28.2 Å². The van der Waals surface area contributed by atoms with Gasteiger partial charge in [0.1, 0.15) is 0 Å². The van der Waals surface area contributed by atoms with Gasteiger partial charge in [-0.1, -0.05) is 24.3 Å². The van der Waals surface area contributed by atoms with Gasteiger partial charge in [0.25, 0.3) is 0 Å². The Morgan fingerprint density at radius 2 is 1.65 bits per heavy atom. The molecule has 10 heteroatoms. The van der Waals surface area contributed by atoms with Gasteiger partial charge in [0.15, 0.2) is 0 Å². The van der Waals surface area contributed by atoms with Crippen LogP contribution in [0.4, 0.5) is 26.3 Å². The van der Waals surface area contributed by atoms with Gasteiger partial charge >= 0.3 is 12.4 Å². The fourth-order valence-corrected chi connectivity index (χ4v) is 3.54. The standard InChI is InChI=1S/C21H16F6N4/c22-20(23,24)16-4-2-1-3-15(16)18-6-5-13(9-28-18)11-31-8-7-17-14(12-31)10-29-19(30-17)21(25,26)27/h1-6,9-10H,7-8,11-12H2. The van der Waals surface area contributed by atoms with Gasteiger partial charge in [-0.15, -0.1) is 0 Å². The molecule has 0 saturated heterocycles. The van der Waals surface area contributed by atoms with Gasteiger partial charge in [0.2, 0.25) is 5.82 Å². The molecule has 1 aromatic carbocycles. The van der Waals surface area contributed by atoms with Crippen molar-refractivity contribution in [3.8, 4) is 11.3 Å². The minimum Gasteiger partial charge on any atom is -0.294 e. The summed E-state index contributed by atoms with van der Waals surface area (Å²) in [6.07, 6.45) is -5.99. The topological polar surface area (TPSA) is 41.9 Å². The largest absolute Gasteiger partial charge is 0.451 e. The van der Waals surface area contributed by atoms with Gasteiger partial charge in [-0.25, -0.2) is 9.97 Å². The molecule has 0 N–H and O–H groups in total. The Labute approximate surface area is 173 Å². The van der Waals surface area contributed by atoms with Crippen molar-refractivity contribution in [3.63, 3.8) is 0 Å². The van der Waals surface area contributed by atoms with E-state index in [0.29, 0.717) is 37.3 Å². The number of nitrogens with zero attached hydrogens (tertiary/aromatic N) is 4. The Hall–Kier alpha value is -3.01. The first-order valence-corrected chi connectivity index (χ1v) is 9.37. The fourth-order valence-electron chi connectivity index (χ4n) is 3.54. The minimum absolute atomic E-state index is 0.00562. The highest BCUT2D eigenvalue weighted by molar-refractivity contribution is 5.64. The molecule has 0 spiro atoms. The maximum Gasteiger partial charge on any atom is 0.451 e. The average Bonchev–Trinajstić information content (AvgIpc) is 2.72. The van der Waals surface area contributed by atoms with Crippen LogP contribution in [0.25, 0.3) is 11.3 Å². The highest BCUT2D eigenvalue weighted by Gasteiger charge is 2.36. The Bertz CT molecular complexity index is 1080. The Balaban J connectivity index is 1.48. The highest BCUT2D eigenvalue weighted by Crippen LogP contribution is 2.36. The van der Waals surface area contributed by atoms with E-state index < -0.39 is 23.7 Å². The molecule has 1 aliphatic rings. The molecule has 31 heavy (non-hydrogen) atoms. The predicted molar refractivity (Wildman–Crippen MR) is 99.5 cm³/mol. The zero-order chi connectivity index (χ0) is 22.2. The fraction of sp³-hybridized carbons (Fsp3) is 0.286. The molecule has 0 aliphatic carbocycles. The molecule has 0 atom stereocenters. The second kappa shape index (κ2) is 7.92. The Morgan fingerprint density at radius 1 is 0.871 bits per heavy atom. The third-order valence-electron chi connectivity index (χ3n) is 5.01. The zero-order valence-electron chi connectivity index (χ0n) is 16.0. The smallest absolute Gasteiger partial charge is 0.294 e. The van der Waals surface area contributed by atoms with Crippen LogP contribution in [0.5, 0.6) is 0 Å². The number of rotatable bonds is 3. The summed E-state index contributed by atoms with van der Waals surface area (Å²) in [4.78, 5) is 13.2. The van der Waals surface area contributed by atoms with Crippen molar-refractivity contribution in [2.24, 2.45) is 0 Å². The maximum absolute atomic E-state index is 13.2. The number of benzene rings is 1. The summed E-state index contributed by atoms with van der Waals surface area (Å²) in [5.74, 6) is -1.14. The van der Waals surface area contributed by atoms with Crippen molar-refractivity contribution in [3.05, 3.63) is 77.0 Å². The van der Waals surface area contributed by atoms with E-state index in [0.717, 1.165) is 11.6 Å². The molecule has 162 valence electrons. The van der Waals surface area contributed by atoms with Gasteiger partial charge in [-0.2, -0.15) is 26.3 Å². The van der Waals surface area contributed by atoms with E-state index >= 15 is 0 Å². The van der Waals surface area contributed by atoms with E-state index in [1.165, 1.54) is 36.7 Å². The molecular weight excluding hydrogens is 422 g/mol. The summed E-state index contributed by atoms with van der Waals surface area (Å²) >= 11 is 0. The van der Waals surface area contributed by atoms with Gasteiger partial charge < -0.3 is 0 Å². The van der Waals surface area contributed by atoms with E-state index in [4.69, 9.17) is 0 Å². The van der Waals surface area contributed by atoms with Gasteiger partial charge in [-0.3, -0.25) is 9.88 Å². The quantitative estimate of drug-likeness (QED) is 0.532. The van der Waals surface area contributed by atoms with Gasteiger partial charge in [-0.05, 0) is 17.7 Å². The summed E-state index contributed by atoms with van der Waals surface area (Å²) < 4.78 is 78.0. The van der Waals surface area contributed by atoms with Crippen LogP contribution in [0.15, 0.2) is 48.8 Å². The van der Waals surface area contributed by atoms with Crippen LogP contribution in [0.2, 0.25) is 0 Å². The van der Waals surface area contributed by atoms with Gasteiger partial charge in [0.05, 0.1) is 17.0 Å². The molecule has 0 amide bonds. The number of aromatic nitrogens is 3. The summed E-state index contributed by atoms with van der Waals surface area (Å²) in [7, 11) is 0. The number of halogens is 6. The number of alkyl halides is 6. The molecule has 4 nitrogen and oxygen atoms in total. The minimum atomic E-state index is -4.58. The van der Waals surface area contributed by atoms with E-state index in [2.05, 4.69) is 15.0 Å². The zero-order valence-corrected chi connectivity index (χ0v) is 16.0. The molecule has 2 aromatic heterocycles. The lowest BCUT2D eigenvalue weighted by molar-refractivity contribution is -0.145. The first-order valence-electron chi connectivity index (χ1n) is 9.37. The van der Waals surface area contributed by atoms with Crippen LogP contribution in [-0.4, -0.2) is 26.4 Å². The Morgan fingerprint density at radius 3 is 2.32 bits per heavy atom. The molecular formula is C21H16F6N4. The van der Waals surface area contributed by atoms with Gasteiger partial charge in [0, 0.05) is 49.6 Å². The van der Waals surface area contributed by atoms with Crippen LogP contribution in [0, 0.1) is 0 Å². The molecule has 0 saturated carbocycles. The maximum atomic E-state index is 13.2. The van der Waals surface area contributed by atoms with Crippen molar-refractivity contribution in [2.75, 3.05) is 6.54 Å². The van der Waals surface area contributed by atoms with E-state index in [9.17, 15) is 26.3 Å². The van der Waals surface area contributed by atoms with Crippen LogP contribution in [0.3, 0.4) is 0 Å². The summed E-state index contributed by atoms with van der Waals surface area (Å²) in [6, 6.07) is 8.49. The van der Waals surface area contributed by atoms with Crippen molar-refractivity contribution < 1.29 is 26.3 Å². The van der Waals surface area contributed by atoms with Crippen molar-refractivity contribution >= 4 is 0 Å². The lowest BCUT2D eigenvalue weighted by Gasteiger charge is -2.28. The van der Waals surface area contributed by atoms with E-state index in [1.54, 1.807) is 6.07 Å². The average molecular weight is 438 g/mol. The van der Waals surface area contributed by atoms with Crippen LogP contribution < -0.4 is 0 Å². The van der Waals surface area contributed by atoms with E-state index in [-0.39, 0.29) is 11.3 Å². The third-order valence-corrected chi connectivity index (χ3v) is 5.01. The molecule has 0 radical (unpaired) electrons. The first-order chi connectivity index (χ1) is 14.6. The molecule has 0 fully saturated rings. The van der Waals surface area contributed by atoms with Crippen LogP contribution >= 0.6 is 0 Å². The number of pyridine rings is 1. The molecule has 0 bridgehead atoms. The SMILES string of the molecule is FC(F)(F)c1ncc2c(n1)CCN(Cc1ccc(-c3ccccc3C(F)(F)F)nc1)C2. The number of hydrogen-bond donors (Lipinski definition) is 0. The molecule has 3 heterocycles. The third kappa shape index (κ3) is 4.68. The normalized spacial score (nSPS) is 15.0. The van der Waals surface area contributed by atoms with Crippen molar-refractivity contribution in [2.45, 2.75) is 31.9 Å². The summed E-state index contributed by atoms with van der Waals surface area (Å²) in [6.45, 7) is 1.33. The Kier molecular flexibility index (Phi) is 5.42. The molecule has 0 unspecified atom stereocenters. The van der Waals surface area contributed by atoms with Crippen molar-refractivity contribution in [1.82, 2.24) is 19.9 Å². The number of fused-ring (bicyclic) bond motifs is 1. The number of hydrogen-bond acceptors (Lipinski definition) is 4. The predicted octanol–water partition coefficient (Wildman–Crippen LogP) is 5.13. The molecule has 3 aromatic rings. The monoisotopic (exact) mass is 438 g/mol. The highest BCUT2D eigenvalue weighted by atomic mass is 19.4. The summed E-state index contributed by atoms with van der Waals surface area (Å²) in [5.41, 5.74) is 1.27.